The molecule has 2 rings (SSSR count). The van der Waals surface area contributed by atoms with Gasteiger partial charge < -0.3 is 16.0 Å². The lowest BCUT2D eigenvalue weighted by Crippen LogP contribution is -2.57. The Kier molecular flexibility index (Phi) is 4.51. The Balaban J connectivity index is 1.84. The van der Waals surface area contributed by atoms with Crippen molar-refractivity contribution in [3.63, 3.8) is 0 Å². The van der Waals surface area contributed by atoms with E-state index >= 15 is 0 Å². The smallest absolute Gasteiger partial charge is 0.101 e. The van der Waals surface area contributed by atoms with E-state index in [0.29, 0.717) is 6.54 Å². The van der Waals surface area contributed by atoms with E-state index in [0.717, 1.165) is 38.5 Å². The zero-order chi connectivity index (χ0) is 13.0. The fourth-order valence-corrected chi connectivity index (χ4v) is 2.41. The molecule has 1 fully saturated rings. The fraction of sp³-hybridized carbons (Fsp3) is 0.818. The van der Waals surface area contributed by atoms with Crippen LogP contribution in [0.2, 0.25) is 0 Å². The van der Waals surface area contributed by atoms with Crippen LogP contribution in [0.15, 0.2) is 17.1 Å². The van der Waals surface area contributed by atoms with Gasteiger partial charge in [0, 0.05) is 32.7 Å². The van der Waals surface area contributed by atoms with Gasteiger partial charge in [-0.25, -0.2) is 0 Å². The van der Waals surface area contributed by atoms with Crippen LogP contribution >= 0.6 is 0 Å². The molecule has 0 aromatic carbocycles. The zero-order valence-electron chi connectivity index (χ0n) is 10.8. The van der Waals surface area contributed by atoms with Crippen molar-refractivity contribution >= 4 is 0 Å². The maximum atomic E-state index is 10.1. The molecule has 18 heavy (non-hydrogen) atoms. The first-order valence-corrected chi connectivity index (χ1v) is 6.45. The van der Waals surface area contributed by atoms with Crippen molar-refractivity contribution in [2.75, 3.05) is 39.3 Å². The van der Waals surface area contributed by atoms with Gasteiger partial charge in [-0.2, -0.15) is 4.91 Å². The quantitative estimate of drug-likeness (QED) is 0.560. The summed E-state index contributed by atoms with van der Waals surface area (Å²) in [6.45, 7) is 7.04. The molecule has 2 unspecified atom stereocenters. The molecule has 0 aromatic heterocycles. The van der Waals surface area contributed by atoms with Gasteiger partial charge in [-0.1, -0.05) is 5.18 Å². The second-order valence-corrected chi connectivity index (χ2v) is 4.79. The molecule has 0 aromatic rings. The molecule has 4 N–H and O–H groups in total. The first kappa shape index (κ1) is 13.3. The lowest BCUT2D eigenvalue weighted by atomic mass is 10.2. The van der Waals surface area contributed by atoms with E-state index in [-0.39, 0.29) is 12.3 Å². The van der Waals surface area contributed by atoms with Crippen molar-refractivity contribution in [1.82, 2.24) is 20.4 Å². The highest BCUT2D eigenvalue weighted by atomic mass is 16.3. The summed E-state index contributed by atoms with van der Waals surface area (Å²) in [6, 6.07) is 0. The van der Waals surface area contributed by atoms with E-state index in [1.807, 2.05) is 6.08 Å². The molecular formula is C11H22N6O. The van der Waals surface area contributed by atoms with Gasteiger partial charge >= 0.3 is 0 Å². The van der Waals surface area contributed by atoms with Crippen LogP contribution in [0, 0.1) is 4.91 Å². The van der Waals surface area contributed by atoms with Crippen LogP contribution in [-0.4, -0.2) is 61.4 Å². The van der Waals surface area contributed by atoms with Crippen LogP contribution in [-0.2, 0) is 0 Å². The summed E-state index contributed by atoms with van der Waals surface area (Å²) in [6.07, 6.45) is 2.12. The van der Waals surface area contributed by atoms with E-state index in [2.05, 4.69) is 32.5 Å². The Morgan fingerprint density at radius 1 is 1.44 bits per heavy atom. The zero-order valence-corrected chi connectivity index (χ0v) is 10.8. The molecule has 2 aliphatic rings. The highest BCUT2D eigenvalue weighted by Gasteiger charge is 2.22. The Hall–Kier alpha value is -1.18. The summed E-state index contributed by atoms with van der Waals surface area (Å²) in [5.41, 5.74) is 5.90. The topological polar surface area (TPSA) is 86.0 Å². The molecule has 0 bridgehead atoms. The van der Waals surface area contributed by atoms with E-state index in [1.54, 1.807) is 0 Å². The van der Waals surface area contributed by atoms with Gasteiger partial charge in [0.1, 0.15) is 5.82 Å². The molecule has 102 valence electrons. The molecule has 0 spiro atoms. The number of hydrogen-bond donors (Lipinski definition) is 3. The second-order valence-electron chi connectivity index (χ2n) is 4.79. The molecule has 2 atom stereocenters. The van der Waals surface area contributed by atoms with Crippen LogP contribution in [0.4, 0.5) is 0 Å². The van der Waals surface area contributed by atoms with Gasteiger partial charge in [0.25, 0.3) is 0 Å². The van der Waals surface area contributed by atoms with Crippen LogP contribution in [0.1, 0.15) is 6.92 Å². The SMILES string of the molecule is CC1NC(N2CCN(CCN=O)CC2)=CC(N)N1. The van der Waals surface area contributed by atoms with Crippen molar-refractivity contribution in [2.45, 2.75) is 19.3 Å². The minimum absolute atomic E-state index is 0.0893. The average Bonchev–Trinajstić information content (AvgIpc) is 2.36. The van der Waals surface area contributed by atoms with Crippen molar-refractivity contribution in [2.24, 2.45) is 10.9 Å². The third kappa shape index (κ3) is 3.41. The minimum atomic E-state index is -0.0893. The number of nitrogens with two attached hydrogens (primary N) is 1. The van der Waals surface area contributed by atoms with E-state index in [4.69, 9.17) is 5.73 Å². The van der Waals surface area contributed by atoms with Crippen LogP contribution in [0.5, 0.6) is 0 Å². The van der Waals surface area contributed by atoms with E-state index in [9.17, 15) is 4.91 Å². The predicted octanol–water partition coefficient (Wildman–Crippen LogP) is -0.965. The summed E-state index contributed by atoms with van der Waals surface area (Å²) in [7, 11) is 0. The normalized spacial score (nSPS) is 29.7. The summed E-state index contributed by atoms with van der Waals surface area (Å²) >= 11 is 0. The molecule has 2 aliphatic heterocycles. The number of piperazine rings is 1. The van der Waals surface area contributed by atoms with Crippen LogP contribution < -0.4 is 16.4 Å². The highest BCUT2D eigenvalue weighted by molar-refractivity contribution is 5.09. The van der Waals surface area contributed by atoms with E-state index < -0.39 is 0 Å². The van der Waals surface area contributed by atoms with Gasteiger partial charge in [-0.3, -0.25) is 10.2 Å². The van der Waals surface area contributed by atoms with E-state index in [1.165, 1.54) is 0 Å². The first-order chi connectivity index (χ1) is 8.69. The van der Waals surface area contributed by atoms with Crippen LogP contribution in [0.3, 0.4) is 0 Å². The molecular weight excluding hydrogens is 232 g/mol. The molecule has 0 aliphatic carbocycles. The molecule has 1 saturated heterocycles. The highest BCUT2D eigenvalue weighted by Crippen LogP contribution is 2.10. The summed E-state index contributed by atoms with van der Waals surface area (Å²) < 4.78 is 0. The number of nitrogens with zero attached hydrogens (tertiary/aromatic N) is 3. The van der Waals surface area contributed by atoms with Crippen molar-refractivity contribution in [3.8, 4) is 0 Å². The summed E-state index contributed by atoms with van der Waals surface area (Å²) in [5, 5.41) is 9.48. The molecule has 7 heteroatoms. The Morgan fingerprint density at radius 2 is 2.17 bits per heavy atom. The lowest BCUT2D eigenvalue weighted by molar-refractivity contribution is 0.148. The van der Waals surface area contributed by atoms with Gasteiger partial charge in [0.05, 0.1) is 18.9 Å². The van der Waals surface area contributed by atoms with Gasteiger partial charge in [-0.15, -0.1) is 0 Å². The largest absolute Gasteiger partial charge is 0.357 e. The molecule has 0 amide bonds. The third-order valence-electron chi connectivity index (χ3n) is 3.36. The van der Waals surface area contributed by atoms with Crippen LogP contribution in [0.25, 0.3) is 0 Å². The maximum absolute atomic E-state index is 10.1. The first-order valence-electron chi connectivity index (χ1n) is 6.45. The summed E-state index contributed by atoms with van der Waals surface area (Å²) in [4.78, 5) is 14.7. The maximum Gasteiger partial charge on any atom is 0.101 e. The number of hydrogen-bond acceptors (Lipinski definition) is 7. The standard InChI is InChI=1S/C11H22N6O/c1-9-14-10(12)8-11(15-9)17-6-4-16(5-7-17)3-2-13-18/h8-10,14-15H,2-7,12H2,1H3. The minimum Gasteiger partial charge on any atom is -0.357 e. The molecule has 2 heterocycles. The Labute approximate surface area is 107 Å². The van der Waals surface area contributed by atoms with Gasteiger partial charge in [0.15, 0.2) is 0 Å². The van der Waals surface area contributed by atoms with Gasteiger partial charge in [-0.05, 0) is 13.0 Å². The number of nitrogens with one attached hydrogen (secondary N) is 2. The predicted molar refractivity (Wildman–Crippen MR) is 70.5 cm³/mol. The molecule has 0 radical (unpaired) electrons. The van der Waals surface area contributed by atoms with Gasteiger partial charge in [0.2, 0.25) is 0 Å². The Morgan fingerprint density at radius 3 is 2.78 bits per heavy atom. The Bertz CT molecular complexity index is 313. The second kappa shape index (κ2) is 6.12. The average molecular weight is 254 g/mol. The van der Waals surface area contributed by atoms with Crippen molar-refractivity contribution < 1.29 is 0 Å². The number of nitroso groups, excluding NO2 is 1. The monoisotopic (exact) mass is 254 g/mol. The fourth-order valence-electron chi connectivity index (χ4n) is 2.41. The van der Waals surface area contributed by atoms with Crippen molar-refractivity contribution in [3.05, 3.63) is 16.8 Å². The third-order valence-corrected chi connectivity index (χ3v) is 3.36. The number of rotatable bonds is 4. The van der Waals surface area contributed by atoms with Crippen molar-refractivity contribution in [1.29, 1.82) is 0 Å². The lowest BCUT2D eigenvalue weighted by Gasteiger charge is -2.40. The summed E-state index contributed by atoms with van der Waals surface area (Å²) in [5.74, 6) is 1.11. The molecule has 0 saturated carbocycles. The molecule has 7 nitrogen and oxygen atoms in total.